The second kappa shape index (κ2) is 9.49. The molecule has 0 aromatic heterocycles. The average Bonchev–Trinajstić information content (AvgIpc) is 2.95. The summed E-state index contributed by atoms with van der Waals surface area (Å²) in [7, 11) is 0. The predicted molar refractivity (Wildman–Crippen MR) is 139 cm³/mol. The summed E-state index contributed by atoms with van der Waals surface area (Å²) in [6, 6.07) is 25.8. The van der Waals surface area contributed by atoms with Crippen LogP contribution < -0.4 is 0 Å². The van der Waals surface area contributed by atoms with Gasteiger partial charge in [0.15, 0.2) is 11.5 Å². The van der Waals surface area contributed by atoms with Gasteiger partial charge < -0.3 is 4.90 Å². The molecule has 0 N–H and O–H groups in total. The van der Waals surface area contributed by atoms with Gasteiger partial charge in [-0.3, -0.25) is 9.59 Å². The van der Waals surface area contributed by atoms with E-state index in [0.717, 1.165) is 22.3 Å². The number of hydrogen-bond donors (Lipinski definition) is 0. The van der Waals surface area contributed by atoms with Gasteiger partial charge in [-0.05, 0) is 60.4 Å². The number of ketones is 1. The van der Waals surface area contributed by atoms with Gasteiger partial charge in [0.1, 0.15) is 0 Å². The van der Waals surface area contributed by atoms with E-state index in [0.29, 0.717) is 42.7 Å². The molecule has 174 valence electrons. The van der Waals surface area contributed by atoms with Gasteiger partial charge in [-0.2, -0.15) is 5.26 Å². The minimum atomic E-state index is -0.434. The summed E-state index contributed by atoms with van der Waals surface area (Å²) in [6.45, 7) is 8.27. The third-order valence-electron chi connectivity index (χ3n) is 7.13. The van der Waals surface area contributed by atoms with Crippen LogP contribution in [-0.4, -0.2) is 29.7 Å². The van der Waals surface area contributed by atoms with Gasteiger partial charge in [0.05, 0.1) is 18.2 Å². The molecule has 5 nitrogen and oxygen atoms in total. The van der Waals surface area contributed by atoms with Crippen molar-refractivity contribution in [3.8, 4) is 6.07 Å². The normalized spacial score (nSPS) is 18.5. The molecular weight excluding hydrogens is 446 g/mol. The molecular formula is C31H23N3O2. The molecule has 1 heterocycles. The van der Waals surface area contributed by atoms with Crippen molar-refractivity contribution >= 4 is 29.5 Å². The molecule has 0 atom stereocenters. The minimum Gasteiger partial charge on any atom is -0.339 e. The van der Waals surface area contributed by atoms with Crippen LogP contribution in [0.5, 0.6) is 0 Å². The summed E-state index contributed by atoms with van der Waals surface area (Å²) in [5.41, 5.74) is 4.63. The van der Waals surface area contributed by atoms with Gasteiger partial charge in [0, 0.05) is 35.2 Å². The van der Waals surface area contributed by atoms with E-state index in [4.69, 9.17) is 11.8 Å². The Balaban J connectivity index is 1.47. The Bertz CT molecular complexity index is 1380. The third kappa shape index (κ3) is 4.13. The van der Waals surface area contributed by atoms with Crippen molar-refractivity contribution in [1.29, 1.82) is 5.26 Å². The Hall–Kier alpha value is -4.74. The summed E-state index contributed by atoms with van der Waals surface area (Å²) < 4.78 is 0. The van der Waals surface area contributed by atoms with E-state index in [1.54, 1.807) is 24.3 Å². The van der Waals surface area contributed by atoms with Crippen LogP contribution >= 0.6 is 0 Å². The summed E-state index contributed by atoms with van der Waals surface area (Å²) in [4.78, 5) is 31.7. The molecule has 36 heavy (non-hydrogen) atoms. The Morgan fingerprint density at radius 3 is 1.97 bits per heavy atom. The first-order chi connectivity index (χ1) is 17.5. The second-order valence-corrected chi connectivity index (χ2v) is 9.12. The molecule has 0 bridgehead atoms. The first-order valence-electron chi connectivity index (χ1n) is 11.9. The van der Waals surface area contributed by atoms with Crippen molar-refractivity contribution in [3.05, 3.63) is 124 Å². The van der Waals surface area contributed by atoms with Gasteiger partial charge in [0.25, 0.3) is 5.91 Å². The maximum atomic E-state index is 13.4. The molecule has 1 saturated heterocycles. The van der Waals surface area contributed by atoms with Crippen molar-refractivity contribution in [3.63, 3.8) is 0 Å². The molecule has 5 heteroatoms. The fraction of sp³-hybridized carbons (Fsp3) is 0.161. The molecule has 5 rings (SSSR count). The predicted octanol–water partition coefficient (Wildman–Crippen LogP) is 6.08. The number of piperidine rings is 1. The maximum absolute atomic E-state index is 13.4. The van der Waals surface area contributed by atoms with Gasteiger partial charge >= 0.3 is 0 Å². The van der Waals surface area contributed by atoms with Crippen molar-refractivity contribution in [2.75, 3.05) is 13.1 Å². The molecule has 1 saturated carbocycles. The smallest absolute Gasteiger partial charge is 0.253 e. The molecule has 1 aliphatic carbocycles. The number of allylic oxidation sites excluding steroid dienone is 2. The Morgan fingerprint density at radius 1 is 0.889 bits per heavy atom. The number of hydrogen-bond acceptors (Lipinski definition) is 3. The van der Waals surface area contributed by atoms with E-state index < -0.39 is 5.41 Å². The summed E-state index contributed by atoms with van der Waals surface area (Å²) in [6.07, 6.45) is 5.18. The zero-order chi connectivity index (χ0) is 25.1. The largest absolute Gasteiger partial charge is 0.339 e. The van der Waals surface area contributed by atoms with E-state index in [-0.39, 0.29) is 11.7 Å². The highest BCUT2D eigenvalue weighted by molar-refractivity contribution is 6.23. The van der Waals surface area contributed by atoms with Crippen molar-refractivity contribution < 1.29 is 9.59 Å². The number of rotatable bonds is 3. The summed E-state index contributed by atoms with van der Waals surface area (Å²) in [5.74, 6) is 0.0189. The standard InChI is InChI=1S/C31H23N3O2/c1-33-26-13-11-23(12-14-26)20-28-29(35)27(19-22-7-9-24(21-32)10-8-22)31(28)15-17-34(18-16-31)30(36)25-5-3-2-4-6-25/h2-14,19-20H,15-18H2/b27-19-,28-20-. The van der Waals surface area contributed by atoms with Crippen LogP contribution in [-0.2, 0) is 4.79 Å². The van der Waals surface area contributed by atoms with E-state index in [1.165, 1.54) is 0 Å². The Morgan fingerprint density at radius 2 is 1.44 bits per heavy atom. The number of nitrogens with zero attached hydrogens (tertiary/aromatic N) is 3. The zero-order valence-corrected chi connectivity index (χ0v) is 19.6. The summed E-state index contributed by atoms with van der Waals surface area (Å²) in [5, 5.41) is 9.09. The number of carbonyl (C=O) groups is 2. The number of Topliss-reactive ketones (excluding diaryl/α,β-unsaturated/α-hetero) is 1. The van der Waals surface area contributed by atoms with Gasteiger partial charge in [0.2, 0.25) is 0 Å². The minimum absolute atomic E-state index is 0.00832. The average molecular weight is 470 g/mol. The van der Waals surface area contributed by atoms with Crippen LogP contribution in [0.4, 0.5) is 5.69 Å². The lowest BCUT2D eigenvalue weighted by Crippen LogP contribution is -2.52. The first kappa shape index (κ1) is 23.0. The highest BCUT2D eigenvalue weighted by Gasteiger charge is 2.54. The van der Waals surface area contributed by atoms with Gasteiger partial charge in [-0.15, -0.1) is 0 Å². The first-order valence-corrected chi connectivity index (χ1v) is 11.9. The fourth-order valence-electron chi connectivity index (χ4n) is 5.10. The lowest BCUT2D eigenvalue weighted by Gasteiger charge is -2.50. The summed E-state index contributed by atoms with van der Waals surface area (Å²) >= 11 is 0. The van der Waals surface area contributed by atoms with E-state index in [2.05, 4.69) is 10.9 Å². The molecule has 1 spiro atoms. The number of benzene rings is 3. The number of likely N-dealkylation sites (tertiary alicyclic amines) is 1. The van der Waals surface area contributed by atoms with Crippen LogP contribution in [0.2, 0.25) is 0 Å². The Labute approximate surface area is 210 Å². The van der Waals surface area contributed by atoms with Crippen molar-refractivity contribution in [1.82, 2.24) is 4.90 Å². The van der Waals surface area contributed by atoms with E-state index in [1.807, 2.05) is 71.6 Å². The molecule has 0 unspecified atom stereocenters. The van der Waals surface area contributed by atoms with E-state index >= 15 is 0 Å². The monoisotopic (exact) mass is 469 g/mol. The molecule has 1 amide bonds. The van der Waals surface area contributed by atoms with Gasteiger partial charge in [-0.1, -0.05) is 54.6 Å². The third-order valence-corrected chi connectivity index (χ3v) is 7.13. The van der Waals surface area contributed by atoms with Crippen LogP contribution in [0.1, 0.15) is 39.9 Å². The van der Waals surface area contributed by atoms with Crippen LogP contribution in [0, 0.1) is 23.3 Å². The molecule has 0 radical (unpaired) electrons. The van der Waals surface area contributed by atoms with Gasteiger partial charge in [-0.25, -0.2) is 4.85 Å². The highest BCUT2D eigenvalue weighted by Crippen LogP contribution is 2.56. The number of nitriles is 1. The molecule has 3 aromatic rings. The molecule has 3 aromatic carbocycles. The SMILES string of the molecule is [C-]#[N+]c1ccc(/C=C2/C(=O)/C(=C/c3ccc(C#N)cc3)C23CCN(C(=O)c2ccccc2)CC3)cc1. The highest BCUT2D eigenvalue weighted by atomic mass is 16.2. The van der Waals surface area contributed by atoms with E-state index in [9.17, 15) is 9.59 Å². The quantitative estimate of drug-likeness (QED) is 0.345. The molecule has 2 aliphatic rings. The topological polar surface area (TPSA) is 65.5 Å². The Kier molecular flexibility index (Phi) is 6.07. The van der Waals surface area contributed by atoms with Crippen LogP contribution in [0.15, 0.2) is 90.0 Å². The molecule has 2 fully saturated rings. The molecule has 1 aliphatic heterocycles. The lowest BCUT2D eigenvalue weighted by atomic mass is 9.54. The van der Waals surface area contributed by atoms with Crippen molar-refractivity contribution in [2.45, 2.75) is 12.8 Å². The zero-order valence-electron chi connectivity index (χ0n) is 19.6. The maximum Gasteiger partial charge on any atom is 0.253 e. The van der Waals surface area contributed by atoms with Crippen LogP contribution in [0.25, 0.3) is 17.0 Å². The van der Waals surface area contributed by atoms with Crippen LogP contribution in [0.3, 0.4) is 0 Å². The number of amides is 1. The second-order valence-electron chi connectivity index (χ2n) is 9.12. The fourth-order valence-corrected chi connectivity index (χ4v) is 5.10. The van der Waals surface area contributed by atoms with Crippen molar-refractivity contribution in [2.24, 2.45) is 5.41 Å². The lowest BCUT2D eigenvalue weighted by molar-refractivity contribution is -0.118. The number of carbonyl (C=O) groups excluding carboxylic acids is 2.